The van der Waals surface area contributed by atoms with Gasteiger partial charge in [0.2, 0.25) is 11.8 Å². The lowest BCUT2D eigenvalue weighted by Crippen LogP contribution is -2.46. The van der Waals surface area contributed by atoms with Crippen LogP contribution in [0, 0.1) is 0 Å². The number of imide groups is 1. The topological polar surface area (TPSA) is 49.4 Å². The number of nitrogens with zero attached hydrogens (tertiary/aromatic N) is 1. The molecule has 1 aliphatic carbocycles. The van der Waals surface area contributed by atoms with Crippen LogP contribution in [-0.2, 0) is 9.59 Å². The molecule has 2 aliphatic heterocycles. The lowest BCUT2D eigenvalue weighted by Gasteiger charge is -2.26. The molecule has 0 spiro atoms. The maximum Gasteiger partial charge on any atom is 0.247 e. The highest BCUT2D eigenvalue weighted by Gasteiger charge is 2.43. The smallest absolute Gasteiger partial charge is 0.247 e. The number of likely N-dealkylation sites (tertiary alicyclic amines) is 1. The molecule has 0 aromatic heterocycles. The zero-order chi connectivity index (χ0) is 13.2. The molecule has 2 amide bonds. The van der Waals surface area contributed by atoms with E-state index in [0.717, 1.165) is 38.5 Å². The van der Waals surface area contributed by atoms with Gasteiger partial charge in [-0.05, 0) is 37.2 Å². The lowest BCUT2D eigenvalue weighted by atomic mass is 10.1. The molecule has 3 rings (SSSR count). The van der Waals surface area contributed by atoms with Gasteiger partial charge in [-0.1, -0.05) is 12.8 Å². The van der Waals surface area contributed by atoms with Crippen LogP contribution in [0.4, 0.5) is 0 Å². The van der Waals surface area contributed by atoms with Crippen LogP contribution in [0.5, 0.6) is 0 Å². The van der Waals surface area contributed by atoms with E-state index in [1.165, 1.54) is 11.5 Å². The summed E-state index contributed by atoms with van der Waals surface area (Å²) in [7, 11) is 0. The molecule has 1 unspecified atom stereocenters. The van der Waals surface area contributed by atoms with Crippen LogP contribution in [0.1, 0.15) is 44.9 Å². The number of carbonyl (C=O) groups is 2. The van der Waals surface area contributed by atoms with E-state index in [4.69, 9.17) is 0 Å². The van der Waals surface area contributed by atoms with Gasteiger partial charge in [-0.2, -0.15) is 11.8 Å². The maximum atomic E-state index is 12.4. The summed E-state index contributed by atoms with van der Waals surface area (Å²) in [6.07, 6.45) is 6.92. The standard InChI is InChI=1S/C14H22N2O2S/c17-13-9-12(15-10-5-7-19-8-6-10)14(18)16(13)11-3-1-2-4-11/h10-12,15H,1-9H2. The van der Waals surface area contributed by atoms with Gasteiger partial charge in [-0.25, -0.2) is 0 Å². The van der Waals surface area contributed by atoms with Crippen LogP contribution in [-0.4, -0.2) is 46.3 Å². The molecule has 5 heteroatoms. The molecule has 1 atom stereocenters. The molecule has 2 saturated heterocycles. The van der Waals surface area contributed by atoms with Gasteiger partial charge in [0.25, 0.3) is 0 Å². The van der Waals surface area contributed by atoms with Crippen molar-refractivity contribution in [2.45, 2.75) is 63.1 Å². The van der Waals surface area contributed by atoms with Crippen molar-refractivity contribution in [1.82, 2.24) is 10.2 Å². The molecular weight excluding hydrogens is 260 g/mol. The van der Waals surface area contributed by atoms with E-state index in [1.807, 2.05) is 11.8 Å². The van der Waals surface area contributed by atoms with Gasteiger partial charge in [-0.15, -0.1) is 0 Å². The fraction of sp³-hybridized carbons (Fsp3) is 0.857. The molecule has 1 saturated carbocycles. The van der Waals surface area contributed by atoms with E-state index in [9.17, 15) is 9.59 Å². The van der Waals surface area contributed by atoms with E-state index >= 15 is 0 Å². The van der Waals surface area contributed by atoms with Crippen LogP contribution < -0.4 is 5.32 Å². The van der Waals surface area contributed by atoms with Crippen LogP contribution in [0.15, 0.2) is 0 Å². The number of thioether (sulfide) groups is 1. The summed E-state index contributed by atoms with van der Waals surface area (Å²) in [4.78, 5) is 26.1. The van der Waals surface area contributed by atoms with E-state index in [1.54, 1.807) is 4.90 Å². The Balaban J connectivity index is 1.61. The van der Waals surface area contributed by atoms with Gasteiger partial charge < -0.3 is 5.32 Å². The van der Waals surface area contributed by atoms with Gasteiger partial charge in [0.15, 0.2) is 0 Å². The van der Waals surface area contributed by atoms with Crippen molar-refractivity contribution in [2.75, 3.05) is 11.5 Å². The lowest BCUT2D eigenvalue weighted by molar-refractivity contribution is -0.141. The summed E-state index contributed by atoms with van der Waals surface area (Å²) in [6, 6.07) is 0.362. The Morgan fingerprint density at radius 3 is 2.42 bits per heavy atom. The summed E-state index contributed by atoms with van der Waals surface area (Å²) in [5.41, 5.74) is 0. The average molecular weight is 282 g/mol. The summed E-state index contributed by atoms with van der Waals surface area (Å²) in [6.45, 7) is 0. The molecule has 0 aromatic carbocycles. The first-order valence-electron chi connectivity index (χ1n) is 7.45. The Morgan fingerprint density at radius 2 is 1.74 bits per heavy atom. The van der Waals surface area contributed by atoms with E-state index in [0.29, 0.717) is 12.5 Å². The third kappa shape index (κ3) is 2.82. The van der Waals surface area contributed by atoms with Crippen LogP contribution in [0.3, 0.4) is 0 Å². The SMILES string of the molecule is O=C1CC(NC2CCSCC2)C(=O)N1C1CCCC1. The number of carbonyl (C=O) groups excluding carboxylic acids is 2. The Morgan fingerprint density at radius 1 is 1.05 bits per heavy atom. The summed E-state index contributed by atoms with van der Waals surface area (Å²) >= 11 is 1.98. The highest BCUT2D eigenvalue weighted by atomic mass is 32.2. The zero-order valence-corrected chi connectivity index (χ0v) is 12.1. The first-order chi connectivity index (χ1) is 9.25. The normalized spacial score (nSPS) is 30.5. The first-order valence-corrected chi connectivity index (χ1v) is 8.61. The third-order valence-corrected chi connectivity index (χ3v) is 5.58. The van der Waals surface area contributed by atoms with E-state index in [2.05, 4.69) is 5.32 Å². The molecule has 106 valence electrons. The second-order valence-corrected chi connectivity index (χ2v) is 7.08. The minimum absolute atomic E-state index is 0.0372. The molecule has 2 heterocycles. The second-order valence-electron chi connectivity index (χ2n) is 5.85. The van der Waals surface area contributed by atoms with Gasteiger partial charge in [0.1, 0.15) is 0 Å². The Labute approximate surface area is 118 Å². The first kappa shape index (κ1) is 13.4. The van der Waals surface area contributed by atoms with E-state index < -0.39 is 0 Å². The van der Waals surface area contributed by atoms with Crippen LogP contribution >= 0.6 is 11.8 Å². The van der Waals surface area contributed by atoms with Crippen molar-refractivity contribution in [3.8, 4) is 0 Å². The predicted octanol–water partition coefficient (Wildman–Crippen LogP) is 1.54. The van der Waals surface area contributed by atoms with Gasteiger partial charge in [-0.3, -0.25) is 14.5 Å². The van der Waals surface area contributed by atoms with Crippen LogP contribution in [0.25, 0.3) is 0 Å². The van der Waals surface area contributed by atoms with Gasteiger partial charge >= 0.3 is 0 Å². The fourth-order valence-corrected chi connectivity index (χ4v) is 4.58. The minimum atomic E-state index is -0.249. The molecule has 0 radical (unpaired) electrons. The molecule has 3 fully saturated rings. The molecule has 0 aromatic rings. The predicted molar refractivity (Wildman–Crippen MR) is 76.0 cm³/mol. The summed E-state index contributed by atoms with van der Waals surface area (Å²) in [5, 5.41) is 3.43. The van der Waals surface area contributed by atoms with Crippen molar-refractivity contribution in [3.63, 3.8) is 0 Å². The number of amides is 2. The second kappa shape index (κ2) is 5.83. The quantitative estimate of drug-likeness (QED) is 0.798. The Bertz CT molecular complexity index is 362. The number of hydrogen-bond donors (Lipinski definition) is 1. The molecule has 4 nitrogen and oxygen atoms in total. The molecule has 0 bridgehead atoms. The number of nitrogens with one attached hydrogen (secondary N) is 1. The van der Waals surface area contributed by atoms with E-state index in [-0.39, 0.29) is 23.9 Å². The average Bonchev–Trinajstić information content (AvgIpc) is 3.01. The largest absolute Gasteiger partial charge is 0.303 e. The highest BCUT2D eigenvalue weighted by Crippen LogP contribution is 2.28. The fourth-order valence-electron chi connectivity index (χ4n) is 3.48. The van der Waals surface area contributed by atoms with Crippen molar-refractivity contribution in [2.24, 2.45) is 0 Å². The number of hydrogen-bond acceptors (Lipinski definition) is 4. The van der Waals surface area contributed by atoms with Gasteiger partial charge in [0.05, 0.1) is 12.5 Å². The highest BCUT2D eigenvalue weighted by molar-refractivity contribution is 7.99. The number of rotatable bonds is 3. The third-order valence-electron chi connectivity index (χ3n) is 4.53. The summed E-state index contributed by atoms with van der Waals surface area (Å²) < 4.78 is 0. The monoisotopic (exact) mass is 282 g/mol. The molecule has 3 aliphatic rings. The zero-order valence-electron chi connectivity index (χ0n) is 11.3. The minimum Gasteiger partial charge on any atom is -0.303 e. The van der Waals surface area contributed by atoms with Crippen molar-refractivity contribution >= 4 is 23.6 Å². The molecule has 19 heavy (non-hydrogen) atoms. The Kier molecular flexibility index (Phi) is 4.12. The molecule has 1 N–H and O–H groups in total. The van der Waals surface area contributed by atoms with Crippen LogP contribution in [0.2, 0.25) is 0 Å². The Hall–Kier alpha value is -0.550. The maximum absolute atomic E-state index is 12.4. The summed E-state index contributed by atoms with van der Waals surface area (Å²) in [5.74, 6) is 2.41. The molecular formula is C14H22N2O2S. The van der Waals surface area contributed by atoms with Crippen molar-refractivity contribution in [3.05, 3.63) is 0 Å². The van der Waals surface area contributed by atoms with Crippen molar-refractivity contribution in [1.29, 1.82) is 0 Å². The van der Waals surface area contributed by atoms with Crippen molar-refractivity contribution < 1.29 is 9.59 Å². The van der Waals surface area contributed by atoms with Gasteiger partial charge in [0, 0.05) is 12.1 Å².